The van der Waals surface area contributed by atoms with Crippen LogP contribution in [0.25, 0.3) is 0 Å². The van der Waals surface area contributed by atoms with E-state index in [1.807, 2.05) is 0 Å². The minimum atomic E-state index is -3.74. The van der Waals surface area contributed by atoms with E-state index in [1.54, 1.807) is 7.05 Å². The summed E-state index contributed by atoms with van der Waals surface area (Å²) in [4.78, 5) is 15.1. The summed E-state index contributed by atoms with van der Waals surface area (Å²) in [5.41, 5.74) is 5.63. The molecule has 0 bridgehead atoms. The fourth-order valence-electron chi connectivity index (χ4n) is 2.45. The number of nitrogens with one attached hydrogen (secondary N) is 1. The van der Waals surface area contributed by atoms with Gasteiger partial charge in [-0.15, -0.1) is 0 Å². The second-order valence-corrected chi connectivity index (χ2v) is 7.61. The average molecular weight is 372 g/mol. The molecule has 1 saturated heterocycles. The number of pyridine rings is 1. The van der Waals surface area contributed by atoms with Crippen molar-refractivity contribution in [1.82, 2.24) is 14.6 Å². The molecule has 2 heterocycles. The number of nitrogens with zero attached hydrogens (tertiary/aromatic N) is 2. The van der Waals surface area contributed by atoms with Gasteiger partial charge < -0.3 is 15.8 Å². The zero-order chi connectivity index (χ0) is 18.4. The van der Waals surface area contributed by atoms with Crippen molar-refractivity contribution < 1.29 is 22.3 Å². The lowest BCUT2D eigenvalue weighted by atomic mass is 10.1. The van der Waals surface area contributed by atoms with Gasteiger partial charge >= 0.3 is 0 Å². The number of halogens is 1. The van der Waals surface area contributed by atoms with Crippen LogP contribution in [0.3, 0.4) is 0 Å². The van der Waals surface area contributed by atoms with Gasteiger partial charge in [-0.2, -0.15) is 4.31 Å². The van der Waals surface area contributed by atoms with Crippen LogP contribution in [0.2, 0.25) is 0 Å². The van der Waals surface area contributed by atoms with E-state index in [0.29, 0.717) is 24.9 Å². The Morgan fingerprint density at radius 3 is 2.84 bits per heavy atom. The Balaban J connectivity index is 2.02. The van der Waals surface area contributed by atoms with Crippen LogP contribution in [0.5, 0.6) is 5.88 Å². The summed E-state index contributed by atoms with van der Waals surface area (Å²) in [6.45, 7) is 0.648. The molecular weight excluding hydrogens is 351 g/mol. The molecule has 0 saturated carbocycles. The van der Waals surface area contributed by atoms with Gasteiger partial charge in [-0.05, 0) is 19.5 Å². The molecule has 0 aromatic carbocycles. The third kappa shape index (κ3) is 4.74. The zero-order valence-electron chi connectivity index (χ0n) is 13.8. The molecule has 2 rings (SSSR count). The molecule has 10 heteroatoms. The number of rotatable bonds is 8. The van der Waals surface area contributed by atoms with Crippen LogP contribution in [0.1, 0.15) is 6.42 Å². The van der Waals surface area contributed by atoms with E-state index in [0.717, 1.165) is 0 Å². The monoisotopic (exact) mass is 372 g/mol. The van der Waals surface area contributed by atoms with E-state index >= 15 is 0 Å². The van der Waals surface area contributed by atoms with Crippen molar-refractivity contribution >= 4 is 15.9 Å². The maximum Gasteiger partial charge on any atom is 0.244 e. The maximum absolute atomic E-state index is 12.6. The van der Waals surface area contributed by atoms with Gasteiger partial charge in [0.25, 0.3) is 0 Å². The predicted molar refractivity (Wildman–Crippen MR) is 88.9 cm³/mol. The van der Waals surface area contributed by atoms with Crippen molar-refractivity contribution in [2.45, 2.75) is 11.3 Å². The fourth-order valence-corrected chi connectivity index (χ4v) is 3.89. The van der Waals surface area contributed by atoms with Gasteiger partial charge in [0, 0.05) is 31.3 Å². The Morgan fingerprint density at radius 1 is 1.56 bits per heavy atom. The summed E-state index contributed by atoms with van der Waals surface area (Å²) in [5, 5.41) is 2.80. The average Bonchev–Trinajstić information content (AvgIpc) is 3.10. The van der Waals surface area contributed by atoms with Crippen LogP contribution in [0, 0.1) is 5.92 Å². The molecule has 8 nitrogen and oxygen atoms in total. The van der Waals surface area contributed by atoms with Crippen LogP contribution < -0.4 is 15.8 Å². The normalized spacial score (nSPS) is 19.1. The molecule has 1 atom stereocenters. The van der Waals surface area contributed by atoms with Crippen molar-refractivity contribution in [3.63, 3.8) is 0 Å². The van der Waals surface area contributed by atoms with Gasteiger partial charge in [0.05, 0.1) is 18.4 Å². The lowest BCUT2D eigenvalue weighted by Gasteiger charge is -2.16. The molecule has 138 valence electrons. The molecule has 0 spiro atoms. The Kier molecular flexibility index (Phi) is 6.45. The molecule has 0 aliphatic carbocycles. The van der Waals surface area contributed by atoms with E-state index < -0.39 is 21.8 Å². The molecule has 1 aliphatic rings. The summed E-state index contributed by atoms with van der Waals surface area (Å²) in [6.07, 6.45) is 2.05. The molecule has 1 amide bonds. The largest absolute Gasteiger partial charge is 0.473 e. The summed E-state index contributed by atoms with van der Waals surface area (Å²) in [7, 11) is -2.06. The number of sulfonamides is 1. The standard InChI is InChI=1S/C15H21FN4O4S/c1-18-7-11(6-16)10-24-14-3-2-13(8-19-14)25(22,23)20-5-4-12(9-20)15(17)21/h2-3,6,8,12,18H,4-5,7,9-10H2,1H3,(H2,17,21)/b11-6+/t12-/m1/s1. The van der Waals surface area contributed by atoms with Crippen molar-refractivity contribution in [1.29, 1.82) is 0 Å². The highest BCUT2D eigenvalue weighted by Crippen LogP contribution is 2.24. The van der Waals surface area contributed by atoms with Gasteiger partial charge in [0.2, 0.25) is 21.8 Å². The van der Waals surface area contributed by atoms with Crippen LogP contribution >= 0.6 is 0 Å². The van der Waals surface area contributed by atoms with Gasteiger partial charge in [-0.25, -0.2) is 17.8 Å². The van der Waals surface area contributed by atoms with Gasteiger partial charge in [-0.3, -0.25) is 4.79 Å². The Labute approximate surface area is 145 Å². The third-order valence-corrected chi connectivity index (χ3v) is 5.71. The first kappa shape index (κ1) is 19.3. The Morgan fingerprint density at radius 2 is 2.32 bits per heavy atom. The van der Waals surface area contributed by atoms with Crippen LogP contribution in [0.15, 0.2) is 35.1 Å². The number of amides is 1. The molecular formula is C15H21FN4O4S. The quantitative estimate of drug-likeness (QED) is 0.665. The highest BCUT2D eigenvalue weighted by atomic mass is 32.2. The SMILES string of the molecule is CNC/C(=C\F)COc1ccc(S(=O)(=O)N2CC[C@@H](C(N)=O)C2)cn1. The summed E-state index contributed by atoms with van der Waals surface area (Å²) >= 11 is 0. The summed E-state index contributed by atoms with van der Waals surface area (Å²) < 4.78 is 44.2. The number of hydrogen-bond acceptors (Lipinski definition) is 6. The minimum absolute atomic E-state index is 0.00134. The number of likely N-dealkylation sites (N-methyl/N-ethyl adjacent to an activating group) is 1. The fraction of sp³-hybridized carbons (Fsp3) is 0.467. The number of aromatic nitrogens is 1. The lowest BCUT2D eigenvalue weighted by molar-refractivity contribution is -0.121. The minimum Gasteiger partial charge on any atom is -0.473 e. The van der Waals surface area contributed by atoms with Crippen LogP contribution in [0.4, 0.5) is 4.39 Å². The number of nitrogens with two attached hydrogens (primary N) is 1. The van der Waals surface area contributed by atoms with Crippen molar-refractivity contribution in [3.05, 3.63) is 30.2 Å². The summed E-state index contributed by atoms with van der Waals surface area (Å²) in [6, 6.07) is 2.77. The van der Waals surface area contributed by atoms with E-state index in [1.165, 1.54) is 22.6 Å². The lowest BCUT2D eigenvalue weighted by Crippen LogP contribution is -2.31. The van der Waals surface area contributed by atoms with Gasteiger partial charge in [0.1, 0.15) is 11.5 Å². The zero-order valence-corrected chi connectivity index (χ0v) is 14.6. The van der Waals surface area contributed by atoms with Gasteiger partial charge in [-0.1, -0.05) is 0 Å². The molecule has 1 aliphatic heterocycles. The first-order valence-corrected chi connectivity index (χ1v) is 9.13. The Bertz CT molecular complexity index is 736. The highest BCUT2D eigenvalue weighted by Gasteiger charge is 2.35. The van der Waals surface area contributed by atoms with Crippen LogP contribution in [-0.2, 0) is 14.8 Å². The first-order chi connectivity index (χ1) is 11.9. The second kappa shape index (κ2) is 8.37. The van der Waals surface area contributed by atoms with E-state index in [4.69, 9.17) is 10.5 Å². The predicted octanol–water partition coefficient (Wildman–Crippen LogP) is 0.0291. The topological polar surface area (TPSA) is 115 Å². The van der Waals surface area contributed by atoms with E-state index in [-0.39, 0.29) is 30.5 Å². The molecule has 3 N–H and O–H groups in total. The number of primary amides is 1. The third-order valence-electron chi connectivity index (χ3n) is 3.86. The molecule has 1 aromatic rings. The van der Waals surface area contributed by atoms with Crippen molar-refractivity contribution in [3.8, 4) is 5.88 Å². The van der Waals surface area contributed by atoms with Crippen molar-refractivity contribution in [2.75, 3.05) is 33.3 Å². The summed E-state index contributed by atoms with van der Waals surface area (Å²) in [5.74, 6) is -0.785. The Hall–Kier alpha value is -2.04. The first-order valence-electron chi connectivity index (χ1n) is 7.69. The van der Waals surface area contributed by atoms with Crippen LogP contribution in [-0.4, -0.2) is 56.9 Å². The van der Waals surface area contributed by atoms with Crippen molar-refractivity contribution in [2.24, 2.45) is 11.7 Å². The maximum atomic E-state index is 12.6. The van der Waals surface area contributed by atoms with E-state index in [2.05, 4.69) is 10.3 Å². The second-order valence-electron chi connectivity index (χ2n) is 5.67. The molecule has 0 radical (unpaired) electrons. The van der Waals surface area contributed by atoms with E-state index in [9.17, 15) is 17.6 Å². The number of carbonyl (C=O) groups is 1. The number of carbonyl (C=O) groups excluding carboxylic acids is 1. The number of ether oxygens (including phenoxy) is 1. The number of hydrogen-bond donors (Lipinski definition) is 2. The van der Waals surface area contributed by atoms with Gasteiger partial charge in [0.15, 0.2) is 0 Å². The smallest absolute Gasteiger partial charge is 0.244 e. The molecule has 25 heavy (non-hydrogen) atoms. The molecule has 1 aromatic heterocycles. The molecule has 0 unspecified atom stereocenters. The molecule has 1 fully saturated rings. The highest BCUT2D eigenvalue weighted by molar-refractivity contribution is 7.89.